The fourth-order valence-electron chi connectivity index (χ4n) is 2.11. The lowest BCUT2D eigenvalue weighted by molar-refractivity contribution is 0.479. The van der Waals surface area contributed by atoms with Gasteiger partial charge in [0.2, 0.25) is 4.96 Å². The van der Waals surface area contributed by atoms with Crippen molar-refractivity contribution in [2.75, 3.05) is 0 Å². The smallest absolute Gasteiger partial charge is 0.321 e. The normalized spacial score (nSPS) is 13.0. The van der Waals surface area contributed by atoms with Crippen LogP contribution in [0, 0.1) is 12.8 Å². The number of H-pyrrole nitrogens is 2. The van der Waals surface area contributed by atoms with Crippen LogP contribution in [0.3, 0.4) is 0 Å². The Balaban J connectivity index is 1.84. The van der Waals surface area contributed by atoms with E-state index in [2.05, 4.69) is 25.3 Å². The van der Waals surface area contributed by atoms with Crippen molar-refractivity contribution < 1.29 is 0 Å². The molecule has 0 saturated heterocycles. The van der Waals surface area contributed by atoms with Gasteiger partial charge in [-0.3, -0.25) is 9.78 Å². The Hall–Kier alpha value is -1.98. The summed E-state index contributed by atoms with van der Waals surface area (Å²) >= 11 is 2.79. The van der Waals surface area contributed by atoms with Gasteiger partial charge >= 0.3 is 5.69 Å². The molecule has 0 aromatic carbocycles. The van der Waals surface area contributed by atoms with E-state index in [9.17, 15) is 9.59 Å². The summed E-state index contributed by atoms with van der Waals surface area (Å²) in [6.07, 6.45) is 0. The summed E-state index contributed by atoms with van der Waals surface area (Å²) in [5.41, 5.74) is 6.32. The molecule has 0 radical (unpaired) electrons. The van der Waals surface area contributed by atoms with Crippen molar-refractivity contribution in [1.82, 2.24) is 29.8 Å². The minimum atomic E-state index is -0.502. The Kier molecular flexibility index (Phi) is 4.56. The summed E-state index contributed by atoms with van der Waals surface area (Å²) < 4.78 is 2.41. The summed E-state index contributed by atoms with van der Waals surface area (Å²) in [4.78, 5) is 28.6. The molecule has 0 aliphatic heterocycles. The van der Waals surface area contributed by atoms with Crippen LogP contribution in [0.15, 0.2) is 13.9 Å². The van der Waals surface area contributed by atoms with E-state index in [-0.39, 0.29) is 17.5 Å². The van der Waals surface area contributed by atoms with Gasteiger partial charge in [0, 0.05) is 17.0 Å². The third-order valence-corrected chi connectivity index (χ3v) is 5.67. The number of thioether (sulfide) groups is 1. The van der Waals surface area contributed by atoms with Crippen LogP contribution in [-0.2, 0) is 5.75 Å². The Morgan fingerprint density at radius 2 is 2.04 bits per heavy atom. The van der Waals surface area contributed by atoms with Gasteiger partial charge in [-0.15, -0.1) is 15.3 Å². The van der Waals surface area contributed by atoms with Crippen molar-refractivity contribution in [2.45, 2.75) is 36.9 Å². The topological polar surface area (TPSA) is 135 Å². The summed E-state index contributed by atoms with van der Waals surface area (Å²) in [5.74, 6) is 1.24. The average Bonchev–Trinajstić information content (AvgIpc) is 3.05. The number of aryl methyl sites for hydroxylation is 1. The molecule has 0 aliphatic carbocycles. The molecule has 0 spiro atoms. The fraction of sp³-hybridized carbons (Fsp3) is 0.462. The number of fused-ring (bicyclic) bond motifs is 1. The minimum Gasteiger partial charge on any atom is -0.321 e. The Morgan fingerprint density at radius 1 is 1.29 bits per heavy atom. The lowest BCUT2D eigenvalue weighted by Gasteiger charge is -2.11. The molecular formula is C13H17N7O2S2. The molecule has 24 heavy (non-hydrogen) atoms. The van der Waals surface area contributed by atoms with Crippen molar-refractivity contribution >= 4 is 28.1 Å². The van der Waals surface area contributed by atoms with Crippen LogP contribution in [-0.4, -0.2) is 29.8 Å². The van der Waals surface area contributed by atoms with Crippen molar-refractivity contribution in [2.24, 2.45) is 11.7 Å². The Labute approximate surface area is 144 Å². The fourth-order valence-corrected chi connectivity index (χ4v) is 4.08. The van der Waals surface area contributed by atoms with Crippen LogP contribution in [0.4, 0.5) is 0 Å². The predicted molar refractivity (Wildman–Crippen MR) is 92.4 cm³/mol. The third kappa shape index (κ3) is 3.14. The molecule has 3 rings (SSSR count). The molecule has 0 unspecified atom stereocenters. The first-order valence-corrected chi connectivity index (χ1v) is 9.09. The third-order valence-electron chi connectivity index (χ3n) is 3.61. The van der Waals surface area contributed by atoms with E-state index in [4.69, 9.17) is 5.73 Å². The van der Waals surface area contributed by atoms with Gasteiger partial charge in [0.1, 0.15) is 0 Å². The summed E-state index contributed by atoms with van der Waals surface area (Å²) in [6, 6.07) is -0.246. The standard InChI is InChI=1S/C13H17N7O2S2/c1-5(2)8(14)9-17-18-12-20(9)19-13(24-12)23-4-7-6(3)15-11(22)16-10(7)21/h5,8H,4,14H2,1-3H3,(H2,15,16,21,22)/t8-/m0/s1. The van der Waals surface area contributed by atoms with Crippen LogP contribution in [0.25, 0.3) is 4.96 Å². The van der Waals surface area contributed by atoms with E-state index in [1.165, 1.54) is 23.1 Å². The number of nitrogens with two attached hydrogens (primary N) is 1. The van der Waals surface area contributed by atoms with Crippen molar-refractivity contribution in [3.63, 3.8) is 0 Å². The summed E-state index contributed by atoms with van der Waals surface area (Å²) in [5, 5.41) is 12.7. The van der Waals surface area contributed by atoms with Gasteiger partial charge in [-0.25, -0.2) is 4.79 Å². The highest BCUT2D eigenvalue weighted by Gasteiger charge is 2.20. The number of rotatable bonds is 5. The van der Waals surface area contributed by atoms with Gasteiger partial charge in [0.05, 0.1) is 6.04 Å². The molecule has 0 aliphatic rings. The molecule has 0 amide bonds. The van der Waals surface area contributed by atoms with Crippen LogP contribution in [0.2, 0.25) is 0 Å². The zero-order valence-electron chi connectivity index (χ0n) is 13.4. The van der Waals surface area contributed by atoms with E-state index >= 15 is 0 Å². The predicted octanol–water partition coefficient (Wildman–Crippen LogP) is 0.819. The summed E-state index contributed by atoms with van der Waals surface area (Å²) in [7, 11) is 0. The van der Waals surface area contributed by atoms with E-state index in [0.717, 1.165) is 4.34 Å². The zero-order valence-corrected chi connectivity index (χ0v) is 15.0. The first kappa shape index (κ1) is 16.9. The molecule has 128 valence electrons. The van der Waals surface area contributed by atoms with Gasteiger partial charge in [-0.2, -0.15) is 4.52 Å². The van der Waals surface area contributed by atoms with Gasteiger partial charge in [-0.05, 0) is 12.8 Å². The second-order valence-electron chi connectivity index (χ2n) is 5.69. The molecule has 3 heterocycles. The monoisotopic (exact) mass is 367 g/mol. The van der Waals surface area contributed by atoms with Gasteiger partial charge in [0.25, 0.3) is 5.56 Å². The van der Waals surface area contributed by atoms with Crippen molar-refractivity contribution in [3.05, 3.63) is 37.9 Å². The van der Waals surface area contributed by atoms with Crippen LogP contribution in [0.5, 0.6) is 0 Å². The molecule has 1 atom stereocenters. The highest BCUT2D eigenvalue weighted by atomic mass is 32.2. The molecular weight excluding hydrogens is 350 g/mol. The van der Waals surface area contributed by atoms with Crippen molar-refractivity contribution in [3.8, 4) is 0 Å². The van der Waals surface area contributed by atoms with Gasteiger partial charge in [0.15, 0.2) is 10.2 Å². The second-order valence-corrected chi connectivity index (χ2v) is 7.87. The maximum absolute atomic E-state index is 11.9. The molecule has 0 saturated carbocycles. The lowest BCUT2D eigenvalue weighted by Crippen LogP contribution is -2.26. The molecule has 3 aromatic rings. The molecule has 4 N–H and O–H groups in total. The first-order chi connectivity index (χ1) is 11.4. The minimum absolute atomic E-state index is 0.220. The largest absolute Gasteiger partial charge is 0.325 e. The number of nitrogens with zero attached hydrogens (tertiary/aromatic N) is 4. The molecule has 0 bridgehead atoms. The van der Waals surface area contributed by atoms with Gasteiger partial charge in [-0.1, -0.05) is 36.9 Å². The van der Waals surface area contributed by atoms with Crippen LogP contribution >= 0.6 is 23.1 Å². The summed E-state index contributed by atoms with van der Waals surface area (Å²) in [6.45, 7) is 5.73. The second kappa shape index (κ2) is 6.49. The number of nitrogens with one attached hydrogen (secondary N) is 2. The van der Waals surface area contributed by atoms with E-state index in [0.29, 0.717) is 27.8 Å². The van der Waals surface area contributed by atoms with Crippen LogP contribution < -0.4 is 17.0 Å². The molecule has 3 aromatic heterocycles. The zero-order chi connectivity index (χ0) is 17.4. The van der Waals surface area contributed by atoms with Gasteiger partial charge < -0.3 is 10.7 Å². The number of aromatic amines is 2. The average molecular weight is 367 g/mol. The van der Waals surface area contributed by atoms with E-state index in [1.807, 2.05) is 13.8 Å². The lowest BCUT2D eigenvalue weighted by atomic mass is 10.1. The number of hydrogen-bond acceptors (Lipinski definition) is 8. The highest BCUT2D eigenvalue weighted by molar-refractivity contribution is 8.00. The van der Waals surface area contributed by atoms with E-state index in [1.54, 1.807) is 11.4 Å². The van der Waals surface area contributed by atoms with E-state index < -0.39 is 5.69 Å². The number of hydrogen-bond donors (Lipinski definition) is 3. The quantitative estimate of drug-likeness (QED) is 0.568. The Morgan fingerprint density at radius 3 is 2.71 bits per heavy atom. The maximum Gasteiger partial charge on any atom is 0.325 e. The molecule has 9 nitrogen and oxygen atoms in total. The van der Waals surface area contributed by atoms with Crippen molar-refractivity contribution in [1.29, 1.82) is 0 Å². The molecule has 0 fully saturated rings. The van der Waals surface area contributed by atoms with Crippen LogP contribution in [0.1, 0.15) is 37.0 Å². The number of aromatic nitrogens is 6. The highest BCUT2D eigenvalue weighted by Crippen LogP contribution is 2.28. The maximum atomic E-state index is 11.9. The SMILES string of the molecule is Cc1[nH]c(=O)[nH]c(=O)c1CSc1nn2c([C@@H](N)C(C)C)nnc2s1. The molecule has 11 heteroatoms. The first-order valence-electron chi connectivity index (χ1n) is 7.29. The Bertz CT molecular complexity index is 984.